The highest BCUT2D eigenvalue weighted by Gasteiger charge is 2.31. The summed E-state index contributed by atoms with van der Waals surface area (Å²) in [6.45, 7) is -0.717. The quantitative estimate of drug-likeness (QED) is 0.221. The van der Waals surface area contributed by atoms with Crippen molar-refractivity contribution >= 4 is 38.9 Å². The first-order valence-electron chi connectivity index (χ1n) is 9.48. The maximum Gasteiger partial charge on any atom is 0.362 e. The fraction of sp³-hybridized carbons (Fsp3) is 0.333. The largest absolute Gasteiger partial charge is 0.398 e. The lowest BCUT2D eigenvalue weighted by molar-refractivity contribution is -0.112. The standard InChI is InChI=1S/C18H23N7O7S/c1-20-15-13-16(22-8-21-15)25(9-23-13)18(28)14(26)12(31-2)7-32-33(29,30)24-17(27)10-5-3-4-6-11(10)19/h3-6,8-9,12,14,18,26,28H,7,19H2,1-2H3,(H,24,27)(H,20,21,22)/t12-,14-,18-/m1/s1. The molecule has 3 rings (SSSR count). The minimum atomic E-state index is -4.58. The number of carbonyl (C=O) groups is 1. The Morgan fingerprint density at radius 3 is 2.64 bits per heavy atom. The number of aromatic nitrogens is 4. The van der Waals surface area contributed by atoms with Crippen molar-refractivity contribution in [3.8, 4) is 0 Å². The van der Waals surface area contributed by atoms with E-state index in [0.29, 0.717) is 11.3 Å². The summed E-state index contributed by atoms with van der Waals surface area (Å²) < 4.78 is 37.1. The summed E-state index contributed by atoms with van der Waals surface area (Å²) in [5, 5.41) is 24.0. The molecular weight excluding hydrogens is 458 g/mol. The highest BCUT2D eigenvalue weighted by atomic mass is 32.2. The maximum atomic E-state index is 12.2. The lowest BCUT2D eigenvalue weighted by Gasteiger charge is -2.26. The van der Waals surface area contributed by atoms with Gasteiger partial charge in [0.05, 0.1) is 18.5 Å². The number of benzene rings is 1. The Morgan fingerprint density at radius 2 is 1.97 bits per heavy atom. The van der Waals surface area contributed by atoms with Gasteiger partial charge >= 0.3 is 10.3 Å². The van der Waals surface area contributed by atoms with Crippen molar-refractivity contribution in [2.24, 2.45) is 0 Å². The van der Waals surface area contributed by atoms with Crippen LogP contribution in [0, 0.1) is 0 Å². The summed E-state index contributed by atoms with van der Waals surface area (Å²) in [5.74, 6) is -0.583. The second-order valence-electron chi connectivity index (χ2n) is 6.73. The number of amides is 1. The molecule has 0 fully saturated rings. The molecule has 0 aliphatic heterocycles. The van der Waals surface area contributed by atoms with E-state index in [4.69, 9.17) is 14.7 Å². The molecule has 0 aliphatic carbocycles. The lowest BCUT2D eigenvalue weighted by Crippen LogP contribution is -2.41. The van der Waals surface area contributed by atoms with Crippen LogP contribution in [-0.4, -0.2) is 77.0 Å². The molecule has 0 spiro atoms. The zero-order valence-electron chi connectivity index (χ0n) is 17.6. The van der Waals surface area contributed by atoms with Crippen LogP contribution < -0.4 is 15.8 Å². The number of aliphatic hydroxyl groups is 2. The van der Waals surface area contributed by atoms with Crippen molar-refractivity contribution in [1.82, 2.24) is 24.2 Å². The van der Waals surface area contributed by atoms with Crippen molar-refractivity contribution < 1.29 is 32.3 Å². The maximum absolute atomic E-state index is 12.2. The lowest BCUT2D eigenvalue weighted by atomic mass is 10.2. The fourth-order valence-corrected chi connectivity index (χ4v) is 3.66. The van der Waals surface area contributed by atoms with Gasteiger partial charge in [0.2, 0.25) is 0 Å². The second kappa shape index (κ2) is 10.1. The zero-order valence-corrected chi connectivity index (χ0v) is 18.4. The number of ether oxygens (including phenoxy) is 1. The molecule has 2 heterocycles. The van der Waals surface area contributed by atoms with Gasteiger partial charge in [-0.3, -0.25) is 13.5 Å². The number of methoxy groups -OCH3 is 1. The van der Waals surface area contributed by atoms with E-state index in [1.54, 1.807) is 17.8 Å². The molecule has 0 bridgehead atoms. The minimum Gasteiger partial charge on any atom is -0.398 e. The second-order valence-corrected chi connectivity index (χ2v) is 8.08. The Balaban J connectivity index is 1.69. The zero-order chi connectivity index (χ0) is 24.2. The minimum absolute atomic E-state index is 0.0571. The van der Waals surface area contributed by atoms with Gasteiger partial charge in [0.1, 0.15) is 24.1 Å². The molecule has 2 aromatic heterocycles. The summed E-state index contributed by atoms with van der Waals surface area (Å²) in [5.41, 5.74) is 6.25. The number of hydrogen-bond donors (Lipinski definition) is 5. The number of anilines is 2. The molecule has 33 heavy (non-hydrogen) atoms. The summed E-state index contributed by atoms with van der Waals surface area (Å²) in [6.07, 6.45) is -2.10. The highest BCUT2D eigenvalue weighted by molar-refractivity contribution is 7.85. The fourth-order valence-electron chi connectivity index (χ4n) is 2.95. The number of carbonyl (C=O) groups excluding carboxylic acids is 1. The number of para-hydroxylation sites is 1. The molecule has 0 aliphatic rings. The number of aliphatic hydroxyl groups excluding tert-OH is 2. The van der Waals surface area contributed by atoms with E-state index in [1.165, 1.54) is 42.5 Å². The van der Waals surface area contributed by atoms with Gasteiger partial charge in [-0.1, -0.05) is 12.1 Å². The van der Waals surface area contributed by atoms with Crippen molar-refractivity contribution in [3.63, 3.8) is 0 Å². The Bertz CT molecular complexity index is 1230. The van der Waals surface area contributed by atoms with Crippen LogP contribution in [0.3, 0.4) is 0 Å². The molecule has 3 atom stereocenters. The molecule has 6 N–H and O–H groups in total. The van der Waals surface area contributed by atoms with E-state index in [1.807, 2.05) is 0 Å². The third-order valence-electron chi connectivity index (χ3n) is 4.68. The van der Waals surface area contributed by atoms with Gasteiger partial charge in [-0.2, -0.15) is 8.42 Å². The first-order chi connectivity index (χ1) is 15.7. The summed E-state index contributed by atoms with van der Waals surface area (Å²) in [4.78, 5) is 24.3. The monoisotopic (exact) mass is 481 g/mol. The summed E-state index contributed by atoms with van der Waals surface area (Å²) >= 11 is 0. The Labute approximate surface area is 188 Å². The molecule has 15 heteroatoms. The molecule has 3 aromatic rings. The van der Waals surface area contributed by atoms with Crippen LogP contribution in [0.5, 0.6) is 0 Å². The van der Waals surface area contributed by atoms with E-state index in [-0.39, 0.29) is 16.9 Å². The molecule has 0 saturated heterocycles. The highest BCUT2D eigenvalue weighted by Crippen LogP contribution is 2.22. The Morgan fingerprint density at radius 1 is 1.24 bits per heavy atom. The number of nitrogen functional groups attached to an aromatic ring is 1. The van der Waals surface area contributed by atoms with Crippen LogP contribution in [0.2, 0.25) is 0 Å². The van der Waals surface area contributed by atoms with Gasteiger partial charge in [-0.15, -0.1) is 0 Å². The number of fused-ring (bicyclic) bond motifs is 1. The molecule has 14 nitrogen and oxygen atoms in total. The number of nitrogens with two attached hydrogens (primary N) is 1. The number of hydrogen-bond acceptors (Lipinski definition) is 12. The molecule has 0 radical (unpaired) electrons. The van der Waals surface area contributed by atoms with Crippen molar-refractivity contribution in [2.75, 3.05) is 31.8 Å². The topological polar surface area (TPSA) is 204 Å². The summed E-state index contributed by atoms with van der Waals surface area (Å²) in [6, 6.07) is 5.88. The smallest absolute Gasteiger partial charge is 0.362 e. The molecular formula is C18H23N7O7S. The molecule has 1 aromatic carbocycles. The van der Waals surface area contributed by atoms with Gasteiger partial charge in [-0.05, 0) is 12.1 Å². The third kappa shape index (κ3) is 5.35. The number of imidazole rings is 1. The van der Waals surface area contributed by atoms with Gasteiger partial charge in [-0.25, -0.2) is 19.7 Å². The normalized spacial score (nSPS) is 14.5. The van der Waals surface area contributed by atoms with Crippen LogP contribution >= 0.6 is 0 Å². The predicted octanol–water partition coefficient (Wildman–Crippen LogP) is -0.992. The molecule has 0 unspecified atom stereocenters. The number of rotatable bonds is 10. The number of nitrogens with zero attached hydrogens (tertiary/aromatic N) is 4. The van der Waals surface area contributed by atoms with E-state index >= 15 is 0 Å². The summed E-state index contributed by atoms with van der Waals surface area (Å²) in [7, 11) is -1.76. The predicted molar refractivity (Wildman–Crippen MR) is 116 cm³/mol. The van der Waals surface area contributed by atoms with E-state index in [0.717, 1.165) is 0 Å². The van der Waals surface area contributed by atoms with Crippen molar-refractivity contribution in [1.29, 1.82) is 0 Å². The van der Waals surface area contributed by atoms with Crippen LogP contribution in [-0.2, 0) is 19.2 Å². The van der Waals surface area contributed by atoms with Crippen LogP contribution in [0.25, 0.3) is 11.2 Å². The molecule has 0 saturated carbocycles. The van der Waals surface area contributed by atoms with Gasteiger partial charge in [0, 0.05) is 19.8 Å². The molecule has 1 amide bonds. The Hall–Kier alpha value is -3.37. The average molecular weight is 481 g/mol. The average Bonchev–Trinajstić information content (AvgIpc) is 3.23. The van der Waals surface area contributed by atoms with E-state index in [9.17, 15) is 23.4 Å². The van der Waals surface area contributed by atoms with E-state index in [2.05, 4.69) is 20.3 Å². The van der Waals surface area contributed by atoms with Gasteiger partial charge in [0.25, 0.3) is 5.91 Å². The van der Waals surface area contributed by atoms with Gasteiger partial charge in [0.15, 0.2) is 17.7 Å². The van der Waals surface area contributed by atoms with E-state index < -0.39 is 41.3 Å². The Kier molecular flexibility index (Phi) is 7.39. The van der Waals surface area contributed by atoms with Crippen LogP contribution in [0.4, 0.5) is 11.5 Å². The first kappa shape index (κ1) is 24.3. The first-order valence-corrected chi connectivity index (χ1v) is 10.9. The van der Waals surface area contributed by atoms with Crippen LogP contribution in [0.1, 0.15) is 16.6 Å². The van der Waals surface area contributed by atoms with Crippen LogP contribution in [0.15, 0.2) is 36.9 Å². The van der Waals surface area contributed by atoms with Gasteiger partial charge < -0.3 is 26.0 Å². The SMILES string of the molecule is CNc1ncnc2c1ncn2[C@H](O)[C@H](O)[C@@H](COS(=O)(=O)NC(=O)c1ccccc1N)OC. The third-order valence-corrected chi connectivity index (χ3v) is 5.56. The van der Waals surface area contributed by atoms with Crippen molar-refractivity contribution in [2.45, 2.75) is 18.4 Å². The number of nitrogens with one attached hydrogen (secondary N) is 2. The molecule has 178 valence electrons. The van der Waals surface area contributed by atoms with Crippen molar-refractivity contribution in [3.05, 3.63) is 42.5 Å².